The monoisotopic (exact) mass is 489 g/mol. The SMILES string of the molecule is C=CCn1c(=O)c(=O)n(CC(=O)NCCCN2CCN(c3cc(C)ccc3C)CC2)c2ccccc21. The summed E-state index contributed by atoms with van der Waals surface area (Å²) in [4.78, 5) is 42.8. The number of para-hydroxylation sites is 2. The standard InChI is InChI=1S/C28H35N5O3/c1-4-13-32-23-8-5-6-9-24(23)33(28(36)27(32)35)20-26(34)29-12-7-14-30-15-17-31(18-16-30)25-19-21(2)10-11-22(25)3/h4-6,8-11,19H,1,7,12-18,20H2,2-3H3,(H,29,34). The lowest BCUT2D eigenvalue weighted by Crippen LogP contribution is -2.47. The number of nitrogens with one attached hydrogen (secondary N) is 1. The lowest BCUT2D eigenvalue weighted by Gasteiger charge is -2.37. The normalized spacial score (nSPS) is 14.2. The third kappa shape index (κ3) is 5.60. The van der Waals surface area contributed by atoms with Crippen molar-refractivity contribution in [3.05, 3.63) is 87.0 Å². The van der Waals surface area contributed by atoms with Gasteiger partial charge in [-0.25, -0.2) is 0 Å². The Hall–Kier alpha value is -3.65. The lowest BCUT2D eigenvalue weighted by atomic mass is 10.1. The molecule has 8 heteroatoms. The average Bonchev–Trinajstić information content (AvgIpc) is 2.89. The van der Waals surface area contributed by atoms with E-state index in [9.17, 15) is 14.4 Å². The van der Waals surface area contributed by atoms with Crippen LogP contribution in [0.15, 0.2) is 64.7 Å². The van der Waals surface area contributed by atoms with Gasteiger partial charge in [-0.05, 0) is 56.1 Å². The number of piperazine rings is 1. The summed E-state index contributed by atoms with van der Waals surface area (Å²) in [5.41, 5.74) is 3.72. The molecule has 1 amide bonds. The smallest absolute Gasteiger partial charge is 0.317 e. The van der Waals surface area contributed by atoms with Gasteiger partial charge in [0.25, 0.3) is 0 Å². The van der Waals surface area contributed by atoms with Gasteiger partial charge < -0.3 is 10.2 Å². The summed E-state index contributed by atoms with van der Waals surface area (Å²) in [7, 11) is 0. The second kappa shape index (κ2) is 11.4. The minimum absolute atomic E-state index is 0.183. The fourth-order valence-corrected chi connectivity index (χ4v) is 4.84. The van der Waals surface area contributed by atoms with Gasteiger partial charge in [-0.15, -0.1) is 6.58 Å². The first-order chi connectivity index (χ1) is 17.4. The van der Waals surface area contributed by atoms with Gasteiger partial charge in [0, 0.05) is 45.0 Å². The topological polar surface area (TPSA) is 79.6 Å². The molecule has 1 fully saturated rings. The quantitative estimate of drug-likeness (QED) is 0.284. The Kier molecular flexibility index (Phi) is 8.05. The molecule has 3 aromatic rings. The van der Waals surface area contributed by atoms with Crippen LogP contribution in [0, 0.1) is 13.8 Å². The summed E-state index contributed by atoms with van der Waals surface area (Å²) >= 11 is 0. The van der Waals surface area contributed by atoms with Crippen LogP contribution in [0.4, 0.5) is 5.69 Å². The van der Waals surface area contributed by atoms with Gasteiger partial charge in [-0.2, -0.15) is 0 Å². The molecule has 2 heterocycles. The van der Waals surface area contributed by atoms with Gasteiger partial charge in [0.05, 0.1) is 11.0 Å². The van der Waals surface area contributed by atoms with Crippen LogP contribution in [-0.2, 0) is 17.9 Å². The number of hydrogen-bond acceptors (Lipinski definition) is 5. The van der Waals surface area contributed by atoms with Crippen molar-refractivity contribution >= 4 is 22.6 Å². The molecule has 1 N–H and O–H groups in total. The van der Waals surface area contributed by atoms with Gasteiger partial charge in [0.15, 0.2) is 0 Å². The molecule has 0 radical (unpaired) electrons. The van der Waals surface area contributed by atoms with Crippen molar-refractivity contribution in [2.45, 2.75) is 33.4 Å². The minimum atomic E-state index is -0.701. The van der Waals surface area contributed by atoms with Crippen molar-refractivity contribution in [2.75, 3.05) is 44.2 Å². The van der Waals surface area contributed by atoms with E-state index in [1.807, 2.05) is 0 Å². The van der Waals surface area contributed by atoms with E-state index in [1.165, 1.54) is 25.9 Å². The predicted molar refractivity (Wildman–Crippen MR) is 145 cm³/mol. The molecule has 8 nitrogen and oxygen atoms in total. The van der Waals surface area contributed by atoms with Crippen LogP contribution in [0.5, 0.6) is 0 Å². The van der Waals surface area contributed by atoms with E-state index in [0.717, 1.165) is 39.1 Å². The Morgan fingerprint density at radius 1 is 0.972 bits per heavy atom. The van der Waals surface area contributed by atoms with Crippen LogP contribution in [0.3, 0.4) is 0 Å². The number of fused-ring (bicyclic) bond motifs is 1. The zero-order valence-electron chi connectivity index (χ0n) is 21.2. The fraction of sp³-hybridized carbons (Fsp3) is 0.393. The largest absolute Gasteiger partial charge is 0.369 e. The Labute approximate surface area is 211 Å². The van der Waals surface area contributed by atoms with Crippen molar-refractivity contribution in [3.8, 4) is 0 Å². The van der Waals surface area contributed by atoms with E-state index in [1.54, 1.807) is 30.3 Å². The molecule has 36 heavy (non-hydrogen) atoms. The lowest BCUT2D eigenvalue weighted by molar-refractivity contribution is -0.121. The second-order valence-corrected chi connectivity index (χ2v) is 9.41. The molecule has 190 valence electrons. The van der Waals surface area contributed by atoms with Crippen molar-refractivity contribution in [3.63, 3.8) is 0 Å². The van der Waals surface area contributed by atoms with Crippen LogP contribution < -0.4 is 21.3 Å². The van der Waals surface area contributed by atoms with E-state index >= 15 is 0 Å². The molecule has 1 aromatic heterocycles. The summed E-state index contributed by atoms with van der Waals surface area (Å²) in [6, 6.07) is 13.7. The highest BCUT2D eigenvalue weighted by atomic mass is 16.2. The maximum Gasteiger partial charge on any atom is 0.317 e. The Morgan fingerprint density at radius 3 is 2.33 bits per heavy atom. The van der Waals surface area contributed by atoms with E-state index in [2.05, 4.69) is 53.7 Å². The van der Waals surface area contributed by atoms with E-state index in [-0.39, 0.29) is 19.0 Å². The van der Waals surface area contributed by atoms with E-state index in [4.69, 9.17) is 0 Å². The van der Waals surface area contributed by atoms with Crippen LogP contribution in [0.2, 0.25) is 0 Å². The number of nitrogens with zero attached hydrogens (tertiary/aromatic N) is 4. The summed E-state index contributed by atoms with van der Waals surface area (Å²) in [5.74, 6) is -0.275. The zero-order valence-corrected chi connectivity index (χ0v) is 21.2. The Bertz CT molecular complexity index is 1370. The fourth-order valence-electron chi connectivity index (χ4n) is 4.84. The molecule has 0 spiro atoms. The average molecular weight is 490 g/mol. The molecule has 0 aliphatic carbocycles. The Balaban J connectivity index is 1.28. The molecule has 1 aliphatic heterocycles. The van der Waals surface area contributed by atoms with E-state index < -0.39 is 11.1 Å². The van der Waals surface area contributed by atoms with Crippen LogP contribution in [-0.4, -0.2) is 59.2 Å². The number of aryl methyl sites for hydroxylation is 2. The number of carbonyl (C=O) groups excluding carboxylic acids is 1. The van der Waals surface area contributed by atoms with Crippen LogP contribution in [0.1, 0.15) is 17.5 Å². The second-order valence-electron chi connectivity index (χ2n) is 9.41. The molecule has 2 aromatic carbocycles. The highest BCUT2D eigenvalue weighted by molar-refractivity contribution is 5.80. The maximum atomic E-state index is 12.7. The molecule has 1 saturated heterocycles. The Morgan fingerprint density at radius 2 is 1.64 bits per heavy atom. The first kappa shape index (κ1) is 25.4. The number of hydrogen-bond donors (Lipinski definition) is 1. The first-order valence-corrected chi connectivity index (χ1v) is 12.5. The molecule has 0 atom stereocenters. The molecule has 0 unspecified atom stereocenters. The molecular formula is C28H35N5O3. The number of carbonyl (C=O) groups is 1. The van der Waals surface area contributed by atoms with Crippen LogP contribution >= 0.6 is 0 Å². The van der Waals surface area contributed by atoms with Crippen molar-refractivity contribution in [1.82, 2.24) is 19.4 Å². The number of anilines is 1. The summed E-state index contributed by atoms with van der Waals surface area (Å²) in [6.07, 6.45) is 2.40. The third-order valence-corrected chi connectivity index (χ3v) is 6.80. The zero-order chi connectivity index (χ0) is 25.7. The number of benzene rings is 2. The van der Waals surface area contributed by atoms with Crippen LogP contribution in [0.25, 0.3) is 11.0 Å². The van der Waals surface area contributed by atoms with Gasteiger partial charge in [0.1, 0.15) is 6.54 Å². The third-order valence-electron chi connectivity index (χ3n) is 6.80. The minimum Gasteiger partial charge on any atom is -0.369 e. The number of amides is 1. The first-order valence-electron chi connectivity index (χ1n) is 12.5. The van der Waals surface area contributed by atoms with Gasteiger partial charge in [0.2, 0.25) is 5.91 Å². The van der Waals surface area contributed by atoms with Gasteiger partial charge >= 0.3 is 11.1 Å². The summed E-state index contributed by atoms with van der Waals surface area (Å²) < 4.78 is 2.65. The summed E-state index contributed by atoms with van der Waals surface area (Å²) in [6.45, 7) is 13.4. The van der Waals surface area contributed by atoms with Crippen molar-refractivity contribution < 1.29 is 4.79 Å². The van der Waals surface area contributed by atoms with Gasteiger partial charge in [-0.3, -0.25) is 28.4 Å². The van der Waals surface area contributed by atoms with Crippen molar-refractivity contribution in [2.24, 2.45) is 0 Å². The number of allylic oxidation sites excluding steroid dienone is 1. The highest BCUT2D eigenvalue weighted by Crippen LogP contribution is 2.22. The van der Waals surface area contributed by atoms with Crippen molar-refractivity contribution in [1.29, 1.82) is 0 Å². The molecule has 1 aliphatic rings. The van der Waals surface area contributed by atoms with E-state index in [0.29, 0.717) is 17.6 Å². The van der Waals surface area contributed by atoms with Gasteiger partial charge in [-0.1, -0.05) is 30.3 Å². The predicted octanol–water partition coefficient (Wildman–Crippen LogP) is 2.29. The maximum absolute atomic E-state index is 12.7. The number of aromatic nitrogens is 2. The molecule has 0 saturated carbocycles. The molecular weight excluding hydrogens is 454 g/mol. The number of rotatable bonds is 9. The highest BCUT2D eigenvalue weighted by Gasteiger charge is 2.19. The molecule has 4 rings (SSSR count). The summed E-state index contributed by atoms with van der Waals surface area (Å²) in [5, 5.41) is 2.91. The molecule has 0 bridgehead atoms.